The summed E-state index contributed by atoms with van der Waals surface area (Å²) < 4.78 is 27.5. The fourth-order valence-electron chi connectivity index (χ4n) is 2.94. The molecule has 1 saturated carbocycles. The van der Waals surface area contributed by atoms with Crippen LogP contribution in [0.3, 0.4) is 0 Å². The van der Waals surface area contributed by atoms with Crippen molar-refractivity contribution < 1.29 is 18.3 Å². The Morgan fingerprint density at radius 3 is 2.20 bits per heavy atom. The third-order valence-corrected chi connectivity index (χ3v) is 5.84. The van der Waals surface area contributed by atoms with Crippen LogP contribution in [0.2, 0.25) is 0 Å². The van der Waals surface area contributed by atoms with Crippen molar-refractivity contribution in [3.05, 3.63) is 42.7 Å². The Balaban J connectivity index is 1.67. The minimum atomic E-state index is -3.72. The summed E-state index contributed by atoms with van der Waals surface area (Å²) in [6.45, 7) is 0. The minimum Gasteiger partial charge on any atom is -0.481 e. The van der Waals surface area contributed by atoms with E-state index >= 15 is 0 Å². The van der Waals surface area contributed by atoms with Crippen molar-refractivity contribution in [2.24, 2.45) is 5.92 Å². The fourth-order valence-corrected chi connectivity index (χ4v) is 4.13. The molecule has 1 aromatic heterocycles. The lowest BCUT2D eigenvalue weighted by atomic mass is 9.87. The number of benzene rings is 1. The molecule has 2 aromatic rings. The van der Waals surface area contributed by atoms with Crippen LogP contribution in [-0.2, 0) is 14.8 Å². The predicted octanol–water partition coefficient (Wildman–Crippen LogP) is 2.07. The SMILES string of the molecule is O=C(O)C1CCC(NS(=O)(=O)c2cnc(-c3ccccc3)nc2)CC1. The lowest BCUT2D eigenvalue weighted by Gasteiger charge is -2.26. The van der Waals surface area contributed by atoms with E-state index in [1.54, 1.807) is 0 Å². The van der Waals surface area contributed by atoms with Crippen LogP contribution in [0, 0.1) is 5.92 Å². The third-order valence-electron chi connectivity index (χ3n) is 4.37. The molecule has 1 fully saturated rings. The fraction of sp³-hybridized carbons (Fsp3) is 0.353. The zero-order valence-electron chi connectivity index (χ0n) is 13.5. The molecule has 1 heterocycles. The normalized spacial score (nSPS) is 21.0. The van der Waals surface area contributed by atoms with Crippen LogP contribution in [0.5, 0.6) is 0 Å². The second-order valence-electron chi connectivity index (χ2n) is 6.12. The maximum absolute atomic E-state index is 12.5. The highest BCUT2D eigenvalue weighted by Crippen LogP contribution is 2.25. The van der Waals surface area contributed by atoms with E-state index in [0.29, 0.717) is 31.5 Å². The molecule has 25 heavy (non-hydrogen) atoms. The molecule has 8 heteroatoms. The van der Waals surface area contributed by atoms with Crippen LogP contribution in [0.4, 0.5) is 0 Å². The molecule has 1 aliphatic carbocycles. The molecule has 0 radical (unpaired) electrons. The van der Waals surface area contributed by atoms with Crippen molar-refractivity contribution in [3.63, 3.8) is 0 Å². The Morgan fingerprint density at radius 2 is 1.64 bits per heavy atom. The Kier molecular flexibility index (Phi) is 5.10. The van der Waals surface area contributed by atoms with Gasteiger partial charge in [-0.2, -0.15) is 0 Å². The van der Waals surface area contributed by atoms with E-state index in [9.17, 15) is 13.2 Å². The summed E-state index contributed by atoms with van der Waals surface area (Å²) in [5.74, 6) is -0.734. The molecule has 1 aliphatic rings. The highest BCUT2D eigenvalue weighted by atomic mass is 32.2. The lowest BCUT2D eigenvalue weighted by Crippen LogP contribution is -2.38. The van der Waals surface area contributed by atoms with Crippen LogP contribution in [-0.4, -0.2) is 35.5 Å². The van der Waals surface area contributed by atoms with Gasteiger partial charge in [0.2, 0.25) is 10.0 Å². The molecule has 3 rings (SSSR count). The number of nitrogens with one attached hydrogen (secondary N) is 1. The second kappa shape index (κ2) is 7.28. The highest BCUT2D eigenvalue weighted by Gasteiger charge is 2.29. The molecular formula is C17H19N3O4S. The molecule has 0 unspecified atom stereocenters. The second-order valence-corrected chi connectivity index (χ2v) is 7.83. The number of aliphatic carboxylic acids is 1. The molecule has 7 nitrogen and oxygen atoms in total. The van der Waals surface area contributed by atoms with Gasteiger partial charge in [-0.25, -0.2) is 23.1 Å². The van der Waals surface area contributed by atoms with Gasteiger partial charge in [-0.15, -0.1) is 0 Å². The number of hydrogen-bond acceptors (Lipinski definition) is 5. The van der Waals surface area contributed by atoms with Crippen molar-refractivity contribution in [1.29, 1.82) is 0 Å². The van der Waals surface area contributed by atoms with Crippen LogP contribution in [0.15, 0.2) is 47.6 Å². The summed E-state index contributed by atoms with van der Waals surface area (Å²) in [6, 6.07) is 9.04. The largest absolute Gasteiger partial charge is 0.481 e. The summed E-state index contributed by atoms with van der Waals surface area (Å²) in [5.41, 5.74) is 0.811. The van der Waals surface area contributed by atoms with Crippen LogP contribution in [0.25, 0.3) is 11.4 Å². The quantitative estimate of drug-likeness (QED) is 0.844. The molecule has 1 aromatic carbocycles. The van der Waals surface area contributed by atoms with E-state index in [2.05, 4.69) is 14.7 Å². The Bertz CT molecular complexity index is 830. The maximum atomic E-state index is 12.5. The molecule has 0 aliphatic heterocycles. The summed E-state index contributed by atoms with van der Waals surface area (Å²) in [5, 5.41) is 9.00. The molecule has 2 N–H and O–H groups in total. The number of sulfonamides is 1. The summed E-state index contributed by atoms with van der Waals surface area (Å²) >= 11 is 0. The summed E-state index contributed by atoms with van der Waals surface area (Å²) in [7, 11) is -3.72. The minimum absolute atomic E-state index is 0.00698. The van der Waals surface area contributed by atoms with E-state index in [1.165, 1.54) is 12.4 Å². The first-order chi connectivity index (χ1) is 12.0. The van der Waals surface area contributed by atoms with Gasteiger partial charge in [0.25, 0.3) is 0 Å². The van der Waals surface area contributed by atoms with Crippen molar-refractivity contribution in [2.75, 3.05) is 0 Å². The number of carbonyl (C=O) groups is 1. The van der Waals surface area contributed by atoms with Crippen LogP contribution >= 0.6 is 0 Å². The number of nitrogens with zero attached hydrogens (tertiary/aromatic N) is 2. The van der Waals surface area contributed by atoms with Gasteiger partial charge in [0.15, 0.2) is 5.82 Å². The van der Waals surface area contributed by atoms with E-state index in [1.807, 2.05) is 30.3 Å². The molecule has 0 saturated heterocycles. The van der Waals surface area contributed by atoms with Gasteiger partial charge in [-0.3, -0.25) is 4.79 Å². The topological polar surface area (TPSA) is 109 Å². The third kappa shape index (κ3) is 4.21. The monoisotopic (exact) mass is 361 g/mol. The van der Waals surface area contributed by atoms with E-state index in [0.717, 1.165) is 5.56 Å². The van der Waals surface area contributed by atoms with E-state index < -0.39 is 16.0 Å². The number of carboxylic acids is 1. The molecule has 0 bridgehead atoms. The van der Waals surface area contributed by atoms with E-state index in [-0.39, 0.29) is 16.9 Å². The summed E-state index contributed by atoms with van der Waals surface area (Å²) in [6.07, 6.45) is 4.57. The highest BCUT2D eigenvalue weighted by molar-refractivity contribution is 7.89. The molecular weight excluding hydrogens is 342 g/mol. The Morgan fingerprint density at radius 1 is 1.04 bits per heavy atom. The van der Waals surface area contributed by atoms with Gasteiger partial charge in [0.1, 0.15) is 4.90 Å². The van der Waals surface area contributed by atoms with Crippen molar-refractivity contribution in [2.45, 2.75) is 36.6 Å². The Labute approximate surface area is 146 Å². The van der Waals surface area contributed by atoms with Crippen molar-refractivity contribution in [1.82, 2.24) is 14.7 Å². The first kappa shape index (κ1) is 17.5. The summed E-state index contributed by atoms with van der Waals surface area (Å²) in [4.78, 5) is 19.2. The number of carboxylic acid groups (broad SMARTS) is 1. The molecule has 0 atom stereocenters. The Hall–Kier alpha value is -2.32. The number of hydrogen-bond donors (Lipinski definition) is 2. The standard InChI is InChI=1S/C17H19N3O4S/c21-17(22)13-6-8-14(9-7-13)20-25(23,24)15-10-18-16(19-11-15)12-4-2-1-3-5-12/h1-5,10-11,13-14,20H,6-9H2,(H,21,22). The zero-order chi connectivity index (χ0) is 17.9. The molecule has 0 spiro atoms. The first-order valence-corrected chi connectivity index (χ1v) is 9.56. The van der Waals surface area contributed by atoms with Crippen LogP contribution < -0.4 is 4.72 Å². The first-order valence-electron chi connectivity index (χ1n) is 8.08. The van der Waals surface area contributed by atoms with Crippen LogP contribution in [0.1, 0.15) is 25.7 Å². The van der Waals surface area contributed by atoms with Gasteiger partial charge >= 0.3 is 5.97 Å². The maximum Gasteiger partial charge on any atom is 0.306 e. The van der Waals surface area contributed by atoms with Gasteiger partial charge in [0, 0.05) is 11.6 Å². The van der Waals surface area contributed by atoms with Gasteiger partial charge < -0.3 is 5.11 Å². The number of aromatic nitrogens is 2. The van der Waals surface area contributed by atoms with Gasteiger partial charge in [-0.1, -0.05) is 30.3 Å². The predicted molar refractivity (Wildman–Crippen MR) is 91.2 cm³/mol. The number of rotatable bonds is 5. The average Bonchev–Trinajstić information content (AvgIpc) is 2.63. The van der Waals surface area contributed by atoms with Crippen molar-refractivity contribution in [3.8, 4) is 11.4 Å². The van der Waals surface area contributed by atoms with Gasteiger partial charge in [-0.05, 0) is 25.7 Å². The molecule has 132 valence electrons. The zero-order valence-corrected chi connectivity index (χ0v) is 14.3. The smallest absolute Gasteiger partial charge is 0.306 e. The average molecular weight is 361 g/mol. The van der Waals surface area contributed by atoms with Crippen molar-refractivity contribution >= 4 is 16.0 Å². The van der Waals surface area contributed by atoms with Gasteiger partial charge in [0.05, 0.1) is 18.3 Å². The lowest BCUT2D eigenvalue weighted by molar-refractivity contribution is -0.142. The van der Waals surface area contributed by atoms with E-state index in [4.69, 9.17) is 5.11 Å². The molecule has 0 amide bonds.